The van der Waals surface area contributed by atoms with E-state index < -0.39 is 51.1 Å². The quantitative estimate of drug-likeness (QED) is 0.165. The number of allylic oxidation sites excluding steroid dienone is 1. The number of hydrogen-bond acceptors (Lipinski definition) is 6. The van der Waals surface area contributed by atoms with Gasteiger partial charge in [-0.2, -0.15) is 27.7 Å². The molecule has 3 atom stereocenters. The van der Waals surface area contributed by atoms with E-state index in [1.807, 2.05) is 0 Å². The van der Waals surface area contributed by atoms with Gasteiger partial charge in [0.2, 0.25) is 10.0 Å². The maximum Gasteiger partial charge on any atom is 0.416 e. The summed E-state index contributed by atoms with van der Waals surface area (Å²) in [6.07, 6.45) is 0.669. The standard InChI is InChI=1S/C31H29F5N6O3S/c1-3-41(46(44,45)26-17-38-40(18-26)19(2)32)25-7-4-21-13-28-20(16-39-42(28)24-8-5-23(33)6-9-24)14-30(21,15-25)29(43)27-12-22(10-11-37-27)31(34,35)36/h5-6,8-13,16-19,25H,3-4,7,14-15H2,1-2H3/t19?,25-,30-/m0/s1. The number of carbonyl (C=O) groups is 1. The fraction of sp³-hybridized carbons (Fsp3) is 0.355. The summed E-state index contributed by atoms with van der Waals surface area (Å²) >= 11 is 0. The van der Waals surface area contributed by atoms with Gasteiger partial charge in [0.05, 0.1) is 34.8 Å². The SMILES string of the molecule is CCN([C@H]1CCC2=Cc3c(cnn3-c3ccc(F)cc3)C[C@]2(C(=O)c2cc(C(F)(F)F)ccn2)C1)S(=O)(=O)c1cnn(C(C)F)c1. The van der Waals surface area contributed by atoms with E-state index in [4.69, 9.17) is 0 Å². The number of Topliss-reactive ketones (excluding diaryl/α,β-unsaturated/α-hetero) is 1. The topological polar surface area (TPSA) is 103 Å². The summed E-state index contributed by atoms with van der Waals surface area (Å²) < 4.78 is 99.8. The number of fused-ring (bicyclic) bond motifs is 2. The second kappa shape index (κ2) is 11.5. The van der Waals surface area contributed by atoms with Gasteiger partial charge in [0.15, 0.2) is 12.1 Å². The Morgan fingerprint density at radius 2 is 1.89 bits per heavy atom. The molecule has 6 rings (SSSR count). The first-order valence-electron chi connectivity index (χ1n) is 14.6. The molecular formula is C31H29F5N6O3S. The van der Waals surface area contributed by atoms with Gasteiger partial charge >= 0.3 is 6.18 Å². The number of pyridine rings is 1. The predicted molar refractivity (Wildman–Crippen MR) is 156 cm³/mol. The number of benzene rings is 1. The maximum absolute atomic E-state index is 14.5. The lowest BCUT2D eigenvalue weighted by Crippen LogP contribution is -2.50. The summed E-state index contributed by atoms with van der Waals surface area (Å²) in [4.78, 5) is 18.3. The summed E-state index contributed by atoms with van der Waals surface area (Å²) in [5.74, 6) is -1.09. The fourth-order valence-electron chi connectivity index (χ4n) is 6.50. The van der Waals surface area contributed by atoms with Gasteiger partial charge in [0, 0.05) is 25.0 Å². The van der Waals surface area contributed by atoms with Crippen LogP contribution in [0.5, 0.6) is 0 Å². The lowest BCUT2D eigenvalue weighted by molar-refractivity contribution is -0.137. The summed E-state index contributed by atoms with van der Waals surface area (Å²) in [6.45, 7) is 2.87. The molecule has 46 heavy (non-hydrogen) atoms. The molecular weight excluding hydrogens is 631 g/mol. The number of carbonyl (C=O) groups excluding carboxylic acids is 1. The van der Waals surface area contributed by atoms with Crippen molar-refractivity contribution in [1.82, 2.24) is 28.9 Å². The molecule has 0 bridgehead atoms. The molecule has 0 saturated heterocycles. The second-order valence-electron chi connectivity index (χ2n) is 11.5. The number of hydrogen-bond donors (Lipinski definition) is 0. The Bertz CT molecular complexity index is 1930. The average molecular weight is 661 g/mol. The molecule has 1 fully saturated rings. The van der Waals surface area contributed by atoms with Crippen LogP contribution in [0.15, 0.2) is 71.7 Å². The van der Waals surface area contributed by atoms with Crippen molar-refractivity contribution in [1.29, 1.82) is 0 Å². The minimum atomic E-state index is -4.71. The lowest BCUT2D eigenvalue weighted by Gasteiger charge is -2.46. The molecule has 0 N–H and O–H groups in total. The zero-order valence-corrected chi connectivity index (χ0v) is 25.6. The van der Waals surface area contributed by atoms with Crippen LogP contribution in [-0.4, -0.2) is 55.6 Å². The molecule has 9 nitrogen and oxygen atoms in total. The van der Waals surface area contributed by atoms with Crippen molar-refractivity contribution in [3.63, 3.8) is 0 Å². The molecule has 1 aromatic carbocycles. The van der Waals surface area contributed by atoms with Crippen molar-refractivity contribution in [3.8, 4) is 5.69 Å². The Morgan fingerprint density at radius 1 is 1.15 bits per heavy atom. The molecule has 242 valence electrons. The Labute approximate surface area is 261 Å². The third-order valence-electron chi connectivity index (χ3n) is 8.73. The zero-order valence-electron chi connectivity index (χ0n) is 24.7. The molecule has 3 aromatic heterocycles. The molecule has 0 radical (unpaired) electrons. The zero-order chi connectivity index (χ0) is 33.0. The number of rotatable bonds is 8. The van der Waals surface area contributed by atoms with Crippen molar-refractivity contribution in [2.45, 2.75) is 62.9 Å². The van der Waals surface area contributed by atoms with Crippen LogP contribution in [0.25, 0.3) is 11.8 Å². The van der Waals surface area contributed by atoms with Gasteiger partial charge in [-0.3, -0.25) is 9.78 Å². The highest BCUT2D eigenvalue weighted by molar-refractivity contribution is 7.89. The Morgan fingerprint density at radius 3 is 2.54 bits per heavy atom. The Hall–Kier alpha value is -4.24. The molecule has 0 aliphatic heterocycles. The fourth-order valence-corrected chi connectivity index (χ4v) is 8.11. The third kappa shape index (κ3) is 5.44. The van der Waals surface area contributed by atoms with E-state index in [1.165, 1.54) is 23.4 Å². The Kier molecular flexibility index (Phi) is 7.95. The number of sulfonamides is 1. The lowest BCUT2D eigenvalue weighted by atomic mass is 9.60. The first-order valence-corrected chi connectivity index (χ1v) is 16.0. The molecule has 15 heteroatoms. The van der Waals surface area contributed by atoms with Crippen molar-refractivity contribution in [2.24, 2.45) is 5.41 Å². The van der Waals surface area contributed by atoms with Crippen molar-refractivity contribution >= 4 is 21.9 Å². The molecule has 4 aromatic rings. The largest absolute Gasteiger partial charge is 0.416 e. The molecule has 2 aliphatic carbocycles. The number of ketones is 1. The van der Waals surface area contributed by atoms with E-state index in [0.717, 1.165) is 35.4 Å². The van der Waals surface area contributed by atoms with E-state index in [0.29, 0.717) is 28.9 Å². The highest BCUT2D eigenvalue weighted by Crippen LogP contribution is 2.51. The van der Waals surface area contributed by atoms with E-state index in [2.05, 4.69) is 15.2 Å². The summed E-state index contributed by atoms with van der Waals surface area (Å²) in [6, 6.07) is 6.44. The monoisotopic (exact) mass is 660 g/mol. The summed E-state index contributed by atoms with van der Waals surface area (Å²) in [5, 5.41) is 8.28. The second-order valence-corrected chi connectivity index (χ2v) is 13.4. The summed E-state index contributed by atoms with van der Waals surface area (Å²) in [5.41, 5.74) is -0.441. The normalized spacial score (nSPS) is 20.6. The van der Waals surface area contributed by atoms with Crippen molar-refractivity contribution in [2.75, 3.05) is 6.54 Å². The van der Waals surface area contributed by atoms with Gasteiger partial charge < -0.3 is 0 Å². The van der Waals surface area contributed by atoms with Crippen LogP contribution in [0, 0.1) is 11.2 Å². The first-order chi connectivity index (χ1) is 21.7. The van der Waals surface area contributed by atoms with E-state index in [1.54, 1.807) is 36.0 Å². The molecule has 0 amide bonds. The number of aromatic nitrogens is 5. The maximum atomic E-state index is 14.5. The minimum absolute atomic E-state index is 0.0161. The van der Waals surface area contributed by atoms with Crippen LogP contribution in [0.4, 0.5) is 22.0 Å². The van der Waals surface area contributed by atoms with Gasteiger partial charge in [-0.05, 0) is 80.6 Å². The van der Waals surface area contributed by atoms with Gasteiger partial charge in [0.25, 0.3) is 0 Å². The van der Waals surface area contributed by atoms with Gasteiger partial charge in [-0.1, -0.05) is 12.5 Å². The highest BCUT2D eigenvalue weighted by Gasteiger charge is 2.52. The van der Waals surface area contributed by atoms with E-state index in [9.17, 15) is 35.2 Å². The number of nitrogens with zero attached hydrogens (tertiary/aromatic N) is 6. The molecule has 0 spiro atoms. The van der Waals surface area contributed by atoms with Gasteiger partial charge in [-0.25, -0.2) is 26.6 Å². The van der Waals surface area contributed by atoms with E-state index in [-0.39, 0.29) is 36.4 Å². The van der Waals surface area contributed by atoms with Crippen LogP contribution in [0.2, 0.25) is 0 Å². The van der Waals surface area contributed by atoms with Crippen LogP contribution in [-0.2, 0) is 22.6 Å². The average Bonchev–Trinajstić information content (AvgIpc) is 3.68. The van der Waals surface area contributed by atoms with Crippen LogP contribution < -0.4 is 0 Å². The smallest absolute Gasteiger partial charge is 0.291 e. The molecule has 1 saturated carbocycles. The van der Waals surface area contributed by atoms with Gasteiger partial charge in [-0.15, -0.1) is 0 Å². The molecule has 2 aliphatic rings. The summed E-state index contributed by atoms with van der Waals surface area (Å²) in [7, 11) is -4.20. The molecule has 1 unspecified atom stereocenters. The van der Waals surface area contributed by atoms with Crippen LogP contribution >= 0.6 is 0 Å². The van der Waals surface area contributed by atoms with Crippen LogP contribution in [0.3, 0.4) is 0 Å². The predicted octanol–water partition coefficient (Wildman–Crippen LogP) is 6.18. The van der Waals surface area contributed by atoms with Crippen molar-refractivity contribution < 1.29 is 35.2 Å². The third-order valence-corrected chi connectivity index (χ3v) is 10.7. The highest BCUT2D eigenvalue weighted by atomic mass is 32.2. The Balaban J connectivity index is 1.44. The van der Waals surface area contributed by atoms with Crippen molar-refractivity contribution in [3.05, 3.63) is 95.1 Å². The van der Waals surface area contributed by atoms with E-state index >= 15 is 0 Å². The van der Waals surface area contributed by atoms with Gasteiger partial charge in [0.1, 0.15) is 16.4 Å². The van der Waals surface area contributed by atoms with Crippen LogP contribution in [0.1, 0.15) is 66.7 Å². The molecule has 3 heterocycles. The first kappa shape index (κ1) is 31.7. The number of halogens is 5. The minimum Gasteiger partial charge on any atom is -0.291 e. The number of alkyl halides is 4.